The lowest BCUT2D eigenvalue weighted by atomic mass is 9.99. The van der Waals surface area contributed by atoms with Crippen LogP contribution < -0.4 is 4.90 Å². The van der Waals surface area contributed by atoms with Crippen LogP contribution in [0.15, 0.2) is 24.5 Å². The molecule has 0 aromatic carbocycles. The van der Waals surface area contributed by atoms with Crippen molar-refractivity contribution < 1.29 is 9.84 Å². The summed E-state index contributed by atoms with van der Waals surface area (Å²) in [6.07, 6.45) is 4.12. The quantitative estimate of drug-likeness (QED) is 0.854. The Morgan fingerprint density at radius 3 is 2.68 bits per heavy atom. The Balaban J connectivity index is 1.50. The van der Waals surface area contributed by atoms with Crippen molar-refractivity contribution in [2.24, 2.45) is 0 Å². The SMILES string of the molecule is Cc1nc(N2CC[C@@H](N3CCOCC3)[C@H](O)C2)cc(-n2cccn2)n1. The molecule has 4 heterocycles. The third-order valence-electron chi connectivity index (χ3n) is 4.94. The van der Waals surface area contributed by atoms with Gasteiger partial charge >= 0.3 is 0 Å². The fourth-order valence-electron chi connectivity index (χ4n) is 3.68. The third-order valence-corrected chi connectivity index (χ3v) is 4.94. The maximum Gasteiger partial charge on any atom is 0.159 e. The Hall–Kier alpha value is -2.03. The number of morpholine rings is 1. The summed E-state index contributed by atoms with van der Waals surface area (Å²) in [4.78, 5) is 13.5. The molecule has 2 fully saturated rings. The fourth-order valence-corrected chi connectivity index (χ4v) is 3.68. The van der Waals surface area contributed by atoms with Gasteiger partial charge in [-0.3, -0.25) is 4.90 Å². The molecule has 0 saturated carbocycles. The van der Waals surface area contributed by atoms with Gasteiger partial charge < -0.3 is 14.7 Å². The summed E-state index contributed by atoms with van der Waals surface area (Å²) in [5.41, 5.74) is 0. The van der Waals surface area contributed by atoms with E-state index in [9.17, 15) is 5.11 Å². The monoisotopic (exact) mass is 344 g/mol. The Morgan fingerprint density at radius 1 is 1.16 bits per heavy atom. The molecule has 0 spiro atoms. The molecule has 0 radical (unpaired) electrons. The van der Waals surface area contributed by atoms with Gasteiger partial charge in [0.15, 0.2) is 5.82 Å². The summed E-state index contributed by atoms with van der Waals surface area (Å²) < 4.78 is 7.15. The van der Waals surface area contributed by atoms with Gasteiger partial charge in [-0.2, -0.15) is 5.10 Å². The van der Waals surface area contributed by atoms with Crippen LogP contribution in [-0.2, 0) is 4.74 Å². The molecule has 0 bridgehead atoms. The van der Waals surface area contributed by atoms with Gasteiger partial charge in [0.05, 0.1) is 19.3 Å². The fraction of sp³-hybridized carbons (Fsp3) is 0.588. The lowest BCUT2D eigenvalue weighted by molar-refractivity contribution is -0.0274. The van der Waals surface area contributed by atoms with Crippen molar-refractivity contribution in [3.63, 3.8) is 0 Å². The number of β-amino-alcohol motifs (C(OH)–C–C–N with tert-alkyl or cyclic N) is 1. The molecule has 1 N–H and O–H groups in total. The number of hydrogen-bond donors (Lipinski definition) is 1. The molecule has 2 atom stereocenters. The van der Waals surface area contributed by atoms with Crippen molar-refractivity contribution in [3.05, 3.63) is 30.4 Å². The maximum atomic E-state index is 10.7. The Kier molecular flexibility index (Phi) is 4.65. The molecule has 2 saturated heterocycles. The van der Waals surface area contributed by atoms with Crippen LogP contribution in [0.2, 0.25) is 0 Å². The van der Waals surface area contributed by atoms with Gasteiger partial charge in [0, 0.05) is 50.7 Å². The average molecular weight is 344 g/mol. The van der Waals surface area contributed by atoms with Crippen LogP contribution in [0.4, 0.5) is 5.82 Å². The molecule has 2 aliphatic heterocycles. The standard InChI is InChI=1S/C17H24N6O2/c1-13-19-16(11-17(20-13)23-5-2-4-18-23)22-6-3-14(15(24)12-22)21-7-9-25-10-8-21/h2,4-5,11,14-15,24H,3,6-10,12H2,1H3/t14-,15-/m1/s1. The van der Waals surface area contributed by atoms with Crippen molar-refractivity contribution in [1.82, 2.24) is 24.6 Å². The molecule has 8 nitrogen and oxygen atoms in total. The first-order chi connectivity index (χ1) is 12.2. The average Bonchev–Trinajstić information content (AvgIpc) is 3.16. The predicted octanol–water partition coefficient (Wildman–Crippen LogP) is 0.243. The molecule has 4 rings (SSSR count). The highest BCUT2D eigenvalue weighted by Crippen LogP contribution is 2.23. The molecule has 0 amide bonds. The molecule has 134 valence electrons. The van der Waals surface area contributed by atoms with Crippen LogP contribution in [0, 0.1) is 6.92 Å². The second-order valence-electron chi connectivity index (χ2n) is 6.60. The van der Waals surface area contributed by atoms with Crippen LogP contribution >= 0.6 is 0 Å². The van der Waals surface area contributed by atoms with Gasteiger partial charge in [-0.1, -0.05) is 0 Å². The van der Waals surface area contributed by atoms with Crippen LogP contribution in [-0.4, -0.2) is 81.3 Å². The minimum atomic E-state index is -0.393. The topological polar surface area (TPSA) is 79.5 Å². The van der Waals surface area contributed by atoms with E-state index in [-0.39, 0.29) is 6.04 Å². The number of aliphatic hydroxyl groups is 1. The number of piperidine rings is 1. The van der Waals surface area contributed by atoms with Crippen molar-refractivity contribution in [2.45, 2.75) is 25.5 Å². The number of anilines is 1. The van der Waals surface area contributed by atoms with Crippen LogP contribution in [0.1, 0.15) is 12.2 Å². The predicted molar refractivity (Wildman–Crippen MR) is 92.9 cm³/mol. The summed E-state index contributed by atoms with van der Waals surface area (Å²) in [5.74, 6) is 2.29. The summed E-state index contributed by atoms with van der Waals surface area (Å²) >= 11 is 0. The number of aliphatic hydroxyl groups excluding tert-OH is 1. The molecular weight excluding hydrogens is 320 g/mol. The Morgan fingerprint density at radius 2 is 1.96 bits per heavy atom. The second kappa shape index (κ2) is 7.07. The largest absolute Gasteiger partial charge is 0.390 e. The zero-order valence-corrected chi connectivity index (χ0v) is 14.5. The van der Waals surface area contributed by atoms with Crippen LogP contribution in [0.5, 0.6) is 0 Å². The first-order valence-corrected chi connectivity index (χ1v) is 8.81. The highest BCUT2D eigenvalue weighted by molar-refractivity contribution is 5.45. The number of ether oxygens (including phenoxy) is 1. The van der Waals surface area contributed by atoms with E-state index in [0.29, 0.717) is 12.4 Å². The Labute approximate surface area is 147 Å². The van der Waals surface area contributed by atoms with Crippen molar-refractivity contribution in [2.75, 3.05) is 44.3 Å². The van der Waals surface area contributed by atoms with Crippen LogP contribution in [0.3, 0.4) is 0 Å². The number of nitrogens with zero attached hydrogens (tertiary/aromatic N) is 6. The van der Waals surface area contributed by atoms with Crippen molar-refractivity contribution in [3.8, 4) is 5.82 Å². The molecule has 25 heavy (non-hydrogen) atoms. The van der Waals surface area contributed by atoms with Crippen molar-refractivity contribution in [1.29, 1.82) is 0 Å². The second-order valence-corrected chi connectivity index (χ2v) is 6.60. The van der Waals surface area contributed by atoms with E-state index in [1.165, 1.54) is 0 Å². The van der Waals surface area contributed by atoms with Crippen LogP contribution in [0.25, 0.3) is 5.82 Å². The molecule has 0 aliphatic carbocycles. The summed E-state index contributed by atoms with van der Waals surface area (Å²) in [5, 5.41) is 14.9. The summed E-state index contributed by atoms with van der Waals surface area (Å²) in [6.45, 7) is 6.64. The van der Waals surface area contributed by atoms with Gasteiger partial charge in [0.2, 0.25) is 0 Å². The van der Waals surface area contributed by atoms with Gasteiger partial charge in [0.25, 0.3) is 0 Å². The third kappa shape index (κ3) is 3.51. The first kappa shape index (κ1) is 16.4. The zero-order chi connectivity index (χ0) is 17.2. The number of rotatable bonds is 3. The minimum absolute atomic E-state index is 0.202. The van der Waals surface area contributed by atoms with Gasteiger partial charge in [-0.15, -0.1) is 0 Å². The van der Waals surface area contributed by atoms with E-state index >= 15 is 0 Å². The maximum absolute atomic E-state index is 10.7. The normalized spacial score (nSPS) is 25.3. The summed E-state index contributed by atoms with van der Waals surface area (Å²) in [7, 11) is 0. The van der Waals surface area contributed by atoms with E-state index in [0.717, 1.165) is 50.9 Å². The van der Waals surface area contributed by atoms with Gasteiger partial charge in [0.1, 0.15) is 11.6 Å². The van der Waals surface area contributed by atoms with E-state index in [1.54, 1.807) is 10.9 Å². The molecule has 0 unspecified atom stereocenters. The molecule has 2 aliphatic rings. The van der Waals surface area contributed by atoms with Gasteiger partial charge in [-0.25, -0.2) is 14.6 Å². The first-order valence-electron chi connectivity index (χ1n) is 8.81. The molecule has 2 aromatic heterocycles. The number of hydrogen-bond acceptors (Lipinski definition) is 7. The lowest BCUT2D eigenvalue weighted by Crippen LogP contribution is -2.56. The van der Waals surface area contributed by atoms with E-state index in [4.69, 9.17) is 4.74 Å². The summed E-state index contributed by atoms with van der Waals surface area (Å²) in [6, 6.07) is 4.00. The number of aryl methyl sites for hydroxylation is 1. The molecule has 8 heteroatoms. The zero-order valence-electron chi connectivity index (χ0n) is 14.5. The highest BCUT2D eigenvalue weighted by atomic mass is 16.5. The Bertz CT molecular complexity index is 701. The smallest absolute Gasteiger partial charge is 0.159 e. The van der Waals surface area contributed by atoms with Crippen molar-refractivity contribution >= 4 is 5.82 Å². The molecule has 2 aromatic rings. The highest BCUT2D eigenvalue weighted by Gasteiger charge is 2.33. The lowest BCUT2D eigenvalue weighted by Gasteiger charge is -2.43. The minimum Gasteiger partial charge on any atom is -0.390 e. The van der Waals surface area contributed by atoms with Gasteiger partial charge in [-0.05, 0) is 19.4 Å². The van der Waals surface area contributed by atoms with E-state index in [2.05, 4.69) is 24.9 Å². The van der Waals surface area contributed by atoms with E-state index in [1.807, 2.05) is 25.3 Å². The number of aromatic nitrogens is 4. The molecular formula is C17H24N6O2. The van der Waals surface area contributed by atoms with E-state index < -0.39 is 6.10 Å².